The van der Waals surface area contributed by atoms with Gasteiger partial charge in [-0.3, -0.25) is 9.59 Å². The summed E-state index contributed by atoms with van der Waals surface area (Å²) in [5.41, 5.74) is 4.35. The van der Waals surface area contributed by atoms with Crippen molar-refractivity contribution in [2.75, 3.05) is 12.0 Å². The van der Waals surface area contributed by atoms with Crippen molar-refractivity contribution in [3.05, 3.63) is 81.5 Å². The number of aromatic nitrogens is 1. The minimum Gasteiger partial charge on any atom is -0.497 e. The molecule has 1 saturated heterocycles. The van der Waals surface area contributed by atoms with E-state index in [-0.39, 0.29) is 11.1 Å². The Bertz CT molecular complexity index is 1180. The zero-order valence-corrected chi connectivity index (χ0v) is 18.3. The SMILES string of the molecule is COc1cccc(-n2c(C)cc(/C=C3\SC(=O)N(c4ccc(Cl)cc4)C3=O)c2C)c1. The summed E-state index contributed by atoms with van der Waals surface area (Å²) in [4.78, 5) is 27.0. The minimum absolute atomic E-state index is 0.324. The van der Waals surface area contributed by atoms with Crippen molar-refractivity contribution in [3.8, 4) is 11.4 Å². The zero-order chi connectivity index (χ0) is 21.4. The summed E-state index contributed by atoms with van der Waals surface area (Å²) in [7, 11) is 1.64. The van der Waals surface area contributed by atoms with Crippen LogP contribution in [0.15, 0.2) is 59.5 Å². The number of imide groups is 1. The number of rotatable bonds is 4. The molecule has 2 amide bonds. The molecule has 0 atom stereocenters. The molecule has 2 aromatic carbocycles. The Hall–Kier alpha value is -2.96. The number of carbonyl (C=O) groups is 2. The molecule has 4 rings (SSSR count). The standard InChI is InChI=1S/C23H19ClN2O3S/c1-14-11-16(15(2)25(14)19-5-4-6-20(13-19)29-3)12-21-22(27)26(23(28)30-21)18-9-7-17(24)8-10-18/h4-13H,1-3H3/b21-12-. The van der Waals surface area contributed by atoms with Crippen LogP contribution in [0.2, 0.25) is 5.02 Å². The van der Waals surface area contributed by atoms with E-state index < -0.39 is 0 Å². The molecule has 0 N–H and O–H groups in total. The molecular formula is C23H19ClN2O3S. The van der Waals surface area contributed by atoms with Crippen LogP contribution < -0.4 is 9.64 Å². The van der Waals surface area contributed by atoms with Gasteiger partial charge in [-0.05, 0) is 79.7 Å². The molecule has 1 aliphatic heterocycles. The Morgan fingerprint density at radius 3 is 2.43 bits per heavy atom. The number of hydrogen-bond donors (Lipinski definition) is 0. The molecular weight excluding hydrogens is 420 g/mol. The van der Waals surface area contributed by atoms with Crippen LogP contribution in [0.5, 0.6) is 5.75 Å². The first kappa shape index (κ1) is 20.3. The largest absolute Gasteiger partial charge is 0.497 e. The van der Waals surface area contributed by atoms with E-state index in [0.29, 0.717) is 15.6 Å². The second-order valence-corrected chi connectivity index (χ2v) is 8.29. The lowest BCUT2D eigenvalue weighted by atomic mass is 10.2. The van der Waals surface area contributed by atoms with Crippen LogP contribution in [0, 0.1) is 13.8 Å². The van der Waals surface area contributed by atoms with Gasteiger partial charge in [0.15, 0.2) is 0 Å². The normalized spacial score (nSPS) is 15.3. The van der Waals surface area contributed by atoms with Crippen molar-refractivity contribution in [1.29, 1.82) is 0 Å². The van der Waals surface area contributed by atoms with E-state index in [1.165, 1.54) is 4.90 Å². The Morgan fingerprint density at radius 2 is 1.73 bits per heavy atom. The van der Waals surface area contributed by atoms with E-state index in [1.54, 1.807) is 37.5 Å². The Kier molecular flexibility index (Phi) is 5.45. The molecule has 1 aliphatic rings. The maximum atomic E-state index is 12.9. The van der Waals surface area contributed by atoms with E-state index in [2.05, 4.69) is 4.57 Å². The monoisotopic (exact) mass is 438 g/mol. The average molecular weight is 439 g/mol. The predicted octanol–water partition coefficient (Wildman–Crippen LogP) is 6.00. The van der Waals surface area contributed by atoms with Crippen LogP contribution in [-0.4, -0.2) is 22.8 Å². The highest BCUT2D eigenvalue weighted by Crippen LogP contribution is 2.37. The molecule has 0 bridgehead atoms. The maximum absolute atomic E-state index is 12.9. The smallest absolute Gasteiger partial charge is 0.298 e. The van der Waals surface area contributed by atoms with Crippen molar-refractivity contribution in [3.63, 3.8) is 0 Å². The summed E-state index contributed by atoms with van der Waals surface area (Å²) in [6.07, 6.45) is 1.78. The van der Waals surface area contributed by atoms with Crippen LogP contribution in [0.1, 0.15) is 17.0 Å². The lowest BCUT2D eigenvalue weighted by Crippen LogP contribution is -2.27. The molecule has 0 aliphatic carbocycles. The third-order valence-electron chi connectivity index (χ3n) is 4.95. The van der Waals surface area contributed by atoms with Gasteiger partial charge in [-0.25, -0.2) is 4.90 Å². The fraction of sp³-hybridized carbons (Fsp3) is 0.130. The first-order valence-electron chi connectivity index (χ1n) is 9.26. The summed E-state index contributed by atoms with van der Waals surface area (Å²) in [6, 6.07) is 16.4. The molecule has 0 radical (unpaired) electrons. The first-order chi connectivity index (χ1) is 14.4. The van der Waals surface area contributed by atoms with E-state index in [1.807, 2.05) is 44.2 Å². The highest BCUT2D eigenvalue weighted by Gasteiger charge is 2.36. The molecule has 152 valence electrons. The van der Waals surface area contributed by atoms with Crippen molar-refractivity contribution in [1.82, 2.24) is 4.57 Å². The number of thioether (sulfide) groups is 1. The second kappa shape index (κ2) is 8.05. The number of methoxy groups -OCH3 is 1. The average Bonchev–Trinajstić information content (AvgIpc) is 3.17. The van der Waals surface area contributed by atoms with Gasteiger partial charge in [0.1, 0.15) is 5.75 Å². The number of anilines is 1. The third kappa shape index (κ3) is 3.64. The van der Waals surface area contributed by atoms with Crippen LogP contribution in [-0.2, 0) is 4.79 Å². The summed E-state index contributed by atoms with van der Waals surface area (Å²) in [5.74, 6) is 0.434. The van der Waals surface area contributed by atoms with Gasteiger partial charge in [0.2, 0.25) is 0 Å². The second-order valence-electron chi connectivity index (χ2n) is 6.86. The van der Waals surface area contributed by atoms with Crippen molar-refractivity contribution < 1.29 is 14.3 Å². The predicted molar refractivity (Wildman–Crippen MR) is 122 cm³/mol. The molecule has 0 spiro atoms. The van der Waals surface area contributed by atoms with Gasteiger partial charge in [0, 0.05) is 28.2 Å². The third-order valence-corrected chi connectivity index (χ3v) is 6.07. The minimum atomic E-state index is -0.335. The highest BCUT2D eigenvalue weighted by molar-refractivity contribution is 8.19. The number of benzene rings is 2. The van der Waals surface area contributed by atoms with Gasteiger partial charge in [0.25, 0.3) is 11.1 Å². The maximum Gasteiger partial charge on any atom is 0.298 e. The molecule has 1 fully saturated rings. The lowest BCUT2D eigenvalue weighted by Gasteiger charge is -2.12. The molecule has 3 aromatic rings. The fourth-order valence-corrected chi connectivity index (χ4v) is 4.46. The van der Waals surface area contributed by atoms with Gasteiger partial charge < -0.3 is 9.30 Å². The summed E-state index contributed by atoms with van der Waals surface area (Å²) in [5, 5.41) is 0.224. The Morgan fingerprint density at radius 1 is 1.00 bits per heavy atom. The van der Waals surface area contributed by atoms with E-state index >= 15 is 0 Å². The van der Waals surface area contributed by atoms with Crippen molar-refractivity contribution in [2.45, 2.75) is 13.8 Å². The number of carbonyl (C=O) groups excluding carboxylic acids is 2. The first-order valence-corrected chi connectivity index (χ1v) is 10.5. The number of nitrogens with zero attached hydrogens (tertiary/aromatic N) is 2. The number of ether oxygens (including phenoxy) is 1. The van der Waals surface area contributed by atoms with Gasteiger partial charge in [-0.1, -0.05) is 17.7 Å². The Labute approximate surface area is 183 Å². The molecule has 0 saturated carbocycles. The summed E-state index contributed by atoms with van der Waals surface area (Å²) >= 11 is 6.85. The van der Waals surface area contributed by atoms with Gasteiger partial charge in [0.05, 0.1) is 17.7 Å². The topological polar surface area (TPSA) is 51.5 Å². The van der Waals surface area contributed by atoms with Gasteiger partial charge >= 0.3 is 0 Å². The quantitative estimate of drug-likeness (QED) is 0.469. The van der Waals surface area contributed by atoms with E-state index in [4.69, 9.17) is 16.3 Å². The number of halogens is 1. The molecule has 5 nitrogen and oxygen atoms in total. The molecule has 2 heterocycles. The highest BCUT2D eigenvalue weighted by atomic mass is 35.5. The van der Waals surface area contributed by atoms with E-state index in [0.717, 1.165) is 40.2 Å². The van der Waals surface area contributed by atoms with Crippen LogP contribution in [0.4, 0.5) is 10.5 Å². The van der Waals surface area contributed by atoms with Gasteiger partial charge in [-0.15, -0.1) is 0 Å². The number of aryl methyl sites for hydroxylation is 1. The Balaban J connectivity index is 1.69. The molecule has 1 aromatic heterocycles. The fourth-order valence-electron chi connectivity index (χ4n) is 3.50. The molecule has 30 heavy (non-hydrogen) atoms. The van der Waals surface area contributed by atoms with Crippen LogP contribution in [0.25, 0.3) is 11.8 Å². The number of amides is 2. The zero-order valence-electron chi connectivity index (χ0n) is 16.7. The van der Waals surface area contributed by atoms with Crippen LogP contribution in [0.3, 0.4) is 0 Å². The summed E-state index contributed by atoms with van der Waals surface area (Å²) in [6.45, 7) is 3.99. The van der Waals surface area contributed by atoms with Gasteiger partial charge in [-0.2, -0.15) is 0 Å². The number of hydrogen-bond acceptors (Lipinski definition) is 4. The van der Waals surface area contributed by atoms with E-state index in [9.17, 15) is 9.59 Å². The lowest BCUT2D eigenvalue weighted by molar-refractivity contribution is -0.113. The van der Waals surface area contributed by atoms with Crippen LogP contribution >= 0.6 is 23.4 Å². The van der Waals surface area contributed by atoms with Crippen molar-refractivity contribution >= 4 is 46.3 Å². The summed E-state index contributed by atoms with van der Waals surface area (Å²) < 4.78 is 7.43. The van der Waals surface area contributed by atoms with Crippen molar-refractivity contribution in [2.24, 2.45) is 0 Å². The molecule has 7 heteroatoms. The molecule has 0 unspecified atom stereocenters.